The molecule has 0 bridgehead atoms. The summed E-state index contributed by atoms with van der Waals surface area (Å²) in [5, 5.41) is 0.717. The number of hydrogen-bond acceptors (Lipinski definition) is 3. The molecule has 6 heteroatoms. The SMILES string of the molecule is Cc1ccc(C(=O)N2CCCN(C(=O)COc3cc(C)c(Cl)c(C)c3)CC2)cc1C. The van der Waals surface area contributed by atoms with Crippen molar-refractivity contribution < 1.29 is 14.3 Å². The van der Waals surface area contributed by atoms with Gasteiger partial charge in [0.25, 0.3) is 11.8 Å². The van der Waals surface area contributed by atoms with Gasteiger partial charge in [0.15, 0.2) is 6.61 Å². The summed E-state index contributed by atoms with van der Waals surface area (Å²) in [6, 6.07) is 9.48. The van der Waals surface area contributed by atoms with Crippen molar-refractivity contribution in [1.29, 1.82) is 0 Å². The number of carbonyl (C=O) groups excluding carboxylic acids is 2. The Morgan fingerprint density at radius 1 is 0.867 bits per heavy atom. The van der Waals surface area contributed by atoms with Gasteiger partial charge in [-0.1, -0.05) is 17.7 Å². The topological polar surface area (TPSA) is 49.9 Å². The van der Waals surface area contributed by atoms with Crippen LogP contribution in [0.15, 0.2) is 30.3 Å². The van der Waals surface area contributed by atoms with E-state index in [1.54, 1.807) is 4.90 Å². The number of carbonyl (C=O) groups is 2. The van der Waals surface area contributed by atoms with Crippen LogP contribution in [0.4, 0.5) is 0 Å². The maximum atomic E-state index is 12.9. The Balaban J connectivity index is 1.57. The maximum absolute atomic E-state index is 12.9. The normalized spacial score (nSPS) is 14.4. The summed E-state index contributed by atoms with van der Waals surface area (Å²) in [7, 11) is 0. The van der Waals surface area contributed by atoms with Gasteiger partial charge < -0.3 is 14.5 Å². The summed E-state index contributed by atoms with van der Waals surface area (Å²) in [6.07, 6.45) is 0.751. The number of hydrogen-bond donors (Lipinski definition) is 0. The molecule has 1 aliphatic rings. The summed E-state index contributed by atoms with van der Waals surface area (Å²) in [4.78, 5) is 29.2. The zero-order chi connectivity index (χ0) is 21.8. The van der Waals surface area contributed by atoms with Crippen LogP contribution in [0.3, 0.4) is 0 Å². The first-order chi connectivity index (χ1) is 14.3. The molecule has 5 nitrogen and oxygen atoms in total. The Morgan fingerprint density at radius 3 is 2.17 bits per heavy atom. The van der Waals surface area contributed by atoms with Crippen LogP contribution in [0.25, 0.3) is 0 Å². The minimum Gasteiger partial charge on any atom is -0.484 e. The largest absolute Gasteiger partial charge is 0.484 e. The summed E-state index contributed by atoms with van der Waals surface area (Å²) in [5.41, 5.74) is 4.83. The predicted molar refractivity (Wildman–Crippen MR) is 119 cm³/mol. The van der Waals surface area contributed by atoms with Crippen molar-refractivity contribution in [2.45, 2.75) is 34.1 Å². The molecule has 1 saturated heterocycles. The van der Waals surface area contributed by atoms with Gasteiger partial charge in [0.2, 0.25) is 0 Å². The van der Waals surface area contributed by atoms with Crippen LogP contribution in [0.5, 0.6) is 5.75 Å². The lowest BCUT2D eigenvalue weighted by atomic mass is 10.1. The molecule has 0 radical (unpaired) electrons. The van der Waals surface area contributed by atoms with Crippen LogP contribution in [0, 0.1) is 27.7 Å². The minimum atomic E-state index is -0.0688. The highest BCUT2D eigenvalue weighted by molar-refractivity contribution is 6.32. The molecule has 160 valence electrons. The smallest absolute Gasteiger partial charge is 0.260 e. The van der Waals surface area contributed by atoms with E-state index in [0.29, 0.717) is 37.5 Å². The highest BCUT2D eigenvalue weighted by atomic mass is 35.5. The molecule has 2 aromatic rings. The summed E-state index contributed by atoms with van der Waals surface area (Å²) >= 11 is 6.19. The third kappa shape index (κ3) is 5.14. The van der Waals surface area contributed by atoms with Crippen molar-refractivity contribution in [3.63, 3.8) is 0 Å². The second-order valence-corrected chi connectivity index (χ2v) is 8.36. The second-order valence-electron chi connectivity index (χ2n) is 7.99. The average molecular weight is 429 g/mol. The molecule has 1 fully saturated rings. The monoisotopic (exact) mass is 428 g/mol. The number of amides is 2. The summed E-state index contributed by atoms with van der Waals surface area (Å²) in [5.74, 6) is 0.598. The zero-order valence-corrected chi connectivity index (χ0v) is 18.9. The number of aryl methyl sites for hydroxylation is 4. The minimum absolute atomic E-state index is 0.0222. The Bertz CT molecular complexity index is 934. The van der Waals surface area contributed by atoms with Gasteiger partial charge in [0.1, 0.15) is 5.75 Å². The van der Waals surface area contributed by atoms with Crippen LogP contribution in [-0.4, -0.2) is 54.4 Å². The average Bonchev–Trinajstić information content (AvgIpc) is 2.98. The Morgan fingerprint density at radius 2 is 1.50 bits per heavy atom. The van der Waals surface area contributed by atoms with Crippen molar-refractivity contribution in [2.75, 3.05) is 32.8 Å². The third-order valence-corrected chi connectivity index (χ3v) is 6.26. The fraction of sp³-hybridized carbons (Fsp3) is 0.417. The maximum Gasteiger partial charge on any atom is 0.260 e. The Kier molecular flexibility index (Phi) is 7.03. The zero-order valence-electron chi connectivity index (χ0n) is 18.1. The molecule has 0 atom stereocenters. The molecule has 3 rings (SSSR count). The van der Waals surface area contributed by atoms with E-state index in [1.807, 2.05) is 62.9 Å². The Labute approximate surface area is 183 Å². The molecule has 2 aromatic carbocycles. The summed E-state index contributed by atoms with van der Waals surface area (Å²) in [6.45, 7) is 10.2. The first-order valence-electron chi connectivity index (χ1n) is 10.3. The molecule has 0 aromatic heterocycles. The van der Waals surface area contributed by atoms with Gasteiger partial charge >= 0.3 is 0 Å². The van der Waals surface area contributed by atoms with Gasteiger partial charge in [-0.25, -0.2) is 0 Å². The van der Waals surface area contributed by atoms with Crippen molar-refractivity contribution in [3.8, 4) is 5.75 Å². The van der Waals surface area contributed by atoms with Crippen LogP contribution >= 0.6 is 11.6 Å². The van der Waals surface area contributed by atoms with Crippen LogP contribution in [0.2, 0.25) is 5.02 Å². The molecule has 0 N–H and O–H groups in total. The molecule has 1 aliphatic heterocycles. The first-order valence-corrected chi connectivity index (χ1v) is 10.7. The van der Waals surface area contributed by atoms with Gasteiger partial charge in [-0.05, 0) is 80.6 Å². The van der Waals surface area contributed by atoms with Gasteiger partial charge in [0, 0.05) is 36.8 Å². The van der Waals surface area contributed by atoms with E-state index in [2.05, 4.69) is 0 Å². The molecule has 0 aliphatic carbocycles. The molecule has 0 saturated carbocycles. The second kappa shape index (κ2) is 9.52. The van der Waals surface area contributed by atoms with E-state index in [-0.39, 0.29) is 18.4 Å². The standard InChI is InChI=1S/C24H29ClN2O3/c1-16-6-7-20(12-17(16)2)24(29)27-9-5-8-26(10-11-27)22(28)15-30-21-13-18(3)23(25)19(4)14-21/h6-7,12-14H,5,8-11,15H2,1-4H3. The van der Waals surface area contributed by atoms with E-state index >= 15 is 0 Å². The number of halogens is 1. The number of rotatable bonds is 4. The van der Waals surface area contributed by atoms with E-state index in [0.717, 1.165) is 28.1 Å². The van der Waals surface area contributed by atoms with Gasteiger partial charge in [0.05, 0.1) is 0 Å². The molecule has 2 amide bonds. The van der Waals surface area contributed by atoms with Gasteiger partial charge in [-0.3, -0.25) is 9.59 Å². The lowest BCUT2D eigenvalue weighted by molar-refractivity contribution is -0.133. The van der Waals surface area contributed by atoms with Crippen LogP contribution in [0.1, 0.15) is 39.0 Å². The highest BCUT2D eigenvalue weighted by Crippen LogP contribution is 2.26. The van der Waals surface area contributed by atoms with Crippen molar-refractivity contribution >= 4 is 23.4 Å². The van der Waals surface area contributed by atoms with Gasteiger partial charge in [-0.15, -0.1) is 0 Å². The molecule has 30 heavy (non-hydrogen) atoms. The lowest BCUT2D eigenvalue weighted by Gasteiger charge is -2.22. The van der Waals surface area contributed by atoms with E-state index in [4.69, 9.17) is 16.3 Å². The van der Waals surface area contributed by atoms with Crippen molar-refractivity contribution in [2.24, 2.45) is 0 Å². The van der Waals surface area contributed by atoms with Crippen LogP contribution in [-0.2, 0) is 4.79 Å². The van der Waals surface area contributed by atoms with Crippen molar-refractivity contribution in [3.05, 3.63) is 63.2 Å². The van der Waals surface area contributed by atoms with E-state index < -0.39 is 0 Å². The van der Waals surface area contributed by atoms with Gasteiger partial charge in [-0.2, -0.15) is 0 Å². The first kappa shape index (κ1) is 22.2. The highest BCUT2D eigenvalue weighted by Gasteiger charge is 2.23. The predicted octanol–water partition coefficient (Wildman–Crippen LogP) is 4.33. The quantitative estimate of drug-likeness (QED) is 0.728. The molecule has 0 spiro atoms. The third-order valence-electron chi connectivity index (χ3n) is 5.66. The van der Waals surface area contributed by atoms with E-state index in [1.165, 1.54) is 5.56 Å². The van der Waals surface area contributed by atoms with Crippen LogP contribution < -0.4 is 4.74 Å². The fourth-order valence-electron chi connectivity index (χ4n) is 3.65. The fourth-order valence-corrected chi connectivity index (χ4v) is 3.76. The summed E-state index contributed by atoms with van der Waals surface area (Å²) < 4.78 is 5.72. The molecular formula is C24H29ClN2O3. The number of nitrogens with zero attached hydrogens (tertiary/aromatic N) is 2. The van der Waals surface area contributed by atoms with E-state index in [9.17, 15) is 9.59 Å². The Hall–Kier alpha value is -2.53. The number of benzene rings is 2. The molecule has 0 unspecified atom stereocenters. The van der Waals surface area contributed by atoms with Crippen molar-refractivity contribution in [1.82, 2.24) is 9.80 Å². The molecule has 1 heterocycles. The number of ether oxygens (including phenoxy) is 1. The lowest BCUT2D eigenvalue weighted by Crippen LogP contribution is -2.39. The molecular weight excluding hydrogens is 400 g/mol.